The molecule has 0 radical (unpaired) electrons. The first-order valence-corrected chi connectivity index (χ1v) is 12.4. The van der Waals surface area contributed by atoms with E-state index >= 15 is 0 Å². The van der Waals surface area contributed by atoms with Crippen LogP contribution in [-0.4, -0.2) is 30.2 Å². The molecule has 0 saturated carbocycles. The Labute approximate surface area is 141 Å². The third kappa shape index (κ3) is 13.1. The molecule has 7 heteroatoms. The van der Waals surface area contributed by atoms with Gasteiger partial charge < -0.3 is 13.9 Å². The predicted molar refractivity (Wildman–Crippen MR) is 97.6 cm³/mol. The van der Waals surface area contributed by atoms with E-state index in [9.17, 15) is 14.0 Å². The first-order valence-electron chi connectivity index (χ1n) is 8.69. The molecule has 2 unspecified atom stereocenters. The van der Waals surface area contributed by atoms with E-state index in [4.69, 9.17) is 9.05 Å². The Kier molecular flexibility index (Phi) is 13.4. The van der Waals surface area contributed by atoms with Crippen molar-refractivity contribution in [2.45, 2.75) is 65.2 Å². The minimum absolute atomic E-state index is 0.131. The topological polar surface area (TPSA) is 72.8 Å². The van der Waals surface area contributed by atoms with Crippen LogP contribution in [0.3, 0.4) is 0 Å². The maximum atomic E-state index is 12.7. The molecule has 0 fully saturated rings. The minimum Gasteiger partial charge on any atom is -0.328 e. The molecule has 0 saturated heterocycles. The highest BCUT2D eigenvalue weighted by atomic mass is 31.2. The zero-order chi connectivity index (χ0) is 17.6. The van der Waals surface area contributed by atoms with E-state index in [1.54, 1.807) is 13.8 Å². The molecule has 0 heterocycles. The molecule has 0 aromatic carbocycles. The molecule has 5 nitrogen and oxygen atoms in total. The third-order valence-corrected chi connectivity index (χ3v) is 9.04. The van der Waals surface area contributed by atoms with Crippen molar-refractivity contribution in [3.05, 3.63) is 12.7 Å². The van der Waals surface area contributed by atoms with Gasteiger partial charge in [0.2, 0.25) is 7.37 Å². The average molecular weight is 368 g/mol. The summed E-state index contributed by atoms with van der Waals surface area (Å²) >= 11 is 0. The Morgan fingerprint density at radius 1 is 0.913 bits per heavy atom. The SMILES string of the molecule is C=CCCCCCCCCCP(=O)(CP(=O)(O)OCC)OCC. The van der Waals surface area contributed by atoms with E-state index < -0.39 is 15.0 Å². The van der Waals surface area contributed by atoms with Gasteiger partial charge in [-0.2, -0.15) is 0 Å². The molecule has 0 aromatic rings. The van der Waals surface area contributed by atoms with Crippen molar-refractivity contribution in [1.82, 2.24) is 0 Å². The lowest BCUT2D eigenvalue weighted by molar-refractivity contribution is 0.274. The third-order valence-electron chi connectivity index (χ3n) is 3.50. The zero-order valence-electron chi connectivity index (χ0n) is 14.7. The highest BCUT2D eigenvalue weighted by molar-refractivity contribution is 7.73. The number of hydrogen-bond donors (Lipinski definition) is 1. The van der Waals surface area contributed by atoms with Crippen molar-refractivity contribution in [1.29, 1.82) is 0 Å². The molecule has 0 spiro atoms. The van der Waals surface area contributed by atoms with Crippen LogP contribution in [0.15, 0.2) is 12.7 Å². The van der Waals surface area contributed by atoms with E-state index in [-0.39, 0.29) is 19.1 Å². The highest BCUT2D eigenvalue weighted by Crippen LogP contribution is 2.61. The lowest BCUT2D eigenvalue weighted by Gasteiger charge is -2.20. The fourth-order valence-electron chi connectivity index (χ4n) is 2.45. The lowest BCUT2D eigenvalue weighted by atomic mass is 10.1. The van der Waals surface area contributed by atoms with Crippen LogP contribution in [0, 0.1) is 0 Å². The Bertz CT molecular complexity index is 398. The van der Waals surface area contributed by atoms with Crippen LogP contribution < -0.4 is 0 Å². The van der Waals surface area contributed by atoms with Crippen LogP contribution in [-0.2, 0) is 18.2 Å². The minimum atomic E-state index is -3.82. The second-order valence-electron chi connectivity index (χ2n) is 5.70. The van der Waals surface area contributed by atoms with E-state index in [1.807, 2.05) is 6.08 Å². The fourth-order valence-corrected chi connectivity index (χ4v) is 7.56. The normalized spacial score (nSPS) is 16.7. The number of rotatable bonds is 16. The van der Waals surface area contributed by atoms with Gasteiger partial charge in [-0.05, 0) is 33.1 Å². The van der Waals surface area contributed by atoms with E-state index in [1.165, 1.54) is 25.7 Å². The molecule has 0 aliphatic heterocycles. The van der Waals surface area contributed by atoms with Crippen LogP contribution in [0.25, 0.3) is 0 Å². The molecule has 138 valence electrons. The van der Waals surface area contributed by atoms with Crippen molar-refractivity contribution in [3.63, 3.8) is 0 Å². The smallest absolute Gasteiger partial charge is 0.328 e. The van der Waals surface area contributed by atoms with Crippen LogP contribution in [0.5, 0.6) is 0 Å². The monoisotopic (exact) mass is 368 g/mol. The van der Waals surface area contributed by atoms with Gasteiger partial charge in [0.05, 0.1) is 13.2 Å². The van der Waals surface area contributed by atoms with Crippen LogP contribution in [0.4, 0.5) is 0 Å². The van der Waals surface area contributed by atoms with Crippen molar-refractivity contribution < 1.29 is 23.1 Å². The van der Waals surface area contributed by atoms with Gasteiger partial charge in [-0.3, -0.25) is 9.13 Å². The Morgan fingerprint density at radius 3 is 1.96 bits per heavy atom. The fraction of sp³-hybridized carbons (Fsp3) is 0.875. The van der Waals surface area contributed by atoms with Gasteiger partial charge >= 0.3 is 7.60 Å². The molecular formula is C16H34O5P2. The summed E-state index contributed by atoms with van der Waals surface area (Å²) in [6.45, 7) is 7.52. The van der Waals surface area contributed by atoms with E-state index in [2.05, 4.69) is 6.58 Å². The second kappa shape index (κ2) is 13.4. The summed E-state index contributed by atoms with van der Waals surface area (Å²) in [7, 11) is -6.91. The Morgan fingerprint density at radius 2 is 1.43 bits per heavy atom. The molecule has 23 heavy (non-hydrogen) atoms. The summed E-state index contributed by atoms with van der Waals surface area (Å²) in [5.74, 6) is -0.372. The summed E-state index contributed by atoms with van der Waals surface area (Å²) < 4.78 is 34.6. The molecule has 0 bridgehead atoms. The number of hydrogen-bond acceptors (Lipinski definition) is 4. The van der Waals surface area contributed by atoms with Crippen molar-refractivity contribution in [3.8, 4) is 0 Å². The Hall–Kier alpha value is 0.0800. The van der Waals surface area contributed by atoms with Crippen molar-refractivity contribution in [2.75, 3.05) is 25.3 Å². The lowest BCUT2D eigenvalue weighted by Crippen LogP contribution is -2.03. The quantitative estimate of drug-likeness (QED) is 0.212. The average Bonchev–Trinajstić information content (AvgIpc) is 2.45. The molecule has 0 amide bonds. The summed E-state index contributed by atoms with van der Waals surface area (Å²) in [5, 5.41) is 0. The summed E-state index contributed by atoms with van der Waals surface area (Å²) in [5.41, 5.74) is 0. The van der Waals surface area contributed by atoms with Gasteiger partial charge in [-0.25, -0.2) is 0 Å². The molecule has 0 aromatic heterocycles. The summed E-state index contributed by atoms with van der Waals surface area (Å²) in [4.78, 5) is 9.69. The van der Waals surface area contributed by atoms with Gasteiger partial charge in [-0.15, -0.1) is 6.58 Å². The van der Waals surface area contributed by atoms with Gasteiger partial charge in [-0.1, -0.05) is 38.2 Å². The van der Waals surface area contributed by atoms with Crippen LogP contribution >= 0.6 is 15.0 Å². The Balaban J connectivity index is 4.02. The molecular weight excluding hydrogens is 334 g/mol. The van der Waals surface area contributed by atoms with Crippen LogP contribution in [0.2, 0.25) is 0 Å². The van der Waals surface area contributed by atoms with Gasteiger partial charge in [0.25, 0.3) is 0 Å². The van der Waals surface area contributed by atoms with Gasteiger partial charge in [0.15, 0.2) is 0 Å². The zero-order valence-corrected chi connectivity index (χ0v) is 16.5. The molecule has 0 rings (SSSR count). The summed E-state index contributed by atoms with van der Waals surface area (Å²) in [6, 6.07) is 0. The molecule has 0 aliphatic rings. The molecule has 1 N–H and O–H groups in total. The molecule has 2 atom stereocenters. The first kappa shape index (κ1) is 23.1. The largest absolute Gasteiger partial charge is 0.337 e. The van der Waals surface area contributed by atoms with Crippen LogP contribution in [0.1, 0.15) is 65.2 Å². The van der Waals surface area contributed by atoms with E-state index in [0.717, 1.165) is 25.7 Å². The predicted octanol–water partition coefficient (Wildman–Crippen LogP) is 5.79. The van der Waals surface area contributed by atoms with Crippen molar-refractivity contribution in [2.24, 2.45) is 0 Å². The van der Waals surface area contributed by atoms with Gasteiger partial charge in [0.1, 0.15) is 5.90 Å². The maximum absolute atomic E-state index is 12.7. The molecule has 0 aliphatic carbocycles. The second-order valence-corrected chi connectivity index (χ2v) is 10.7. The highest BCUT2D eigenvalue weighted by Gasteiger charge is 2.33. The standard InChI is InChI=1S/C16H34O5P2/c1-4-7-8-9-10-11-12-13-14-15-22(17,20-5-2)16-23(18,19)21-6-3/h4H,1,5-16H2,2-3H3,(H,18,19). The van der Waals surface area contributed by atoms with E-state index in [0.29, 0.717) is 6.16 Å². The number of allylic oxidation sites excluding steroid dienone is 1. The summed E-state index contributed by atoms with van der Waals surface area (Å²) in [6.07, 6.45) is 11.0. The number of unbranched alkanes of at least 4 members (excludes halogenated alkanes) is 7. The van der Waals surface area contributed by atoms with Gasteiger partial charge in [0, 0.05) is 6.16 Å². The van der Waals surface area contributed by atoms with Crippen molar-refractivity contribution >= 4 is 15.0 Å². The maximum Gasteiger partial charge on any atom is 0.337 e. The first-order chi connectivity index (χ1) is 10.9.